The van der Waals surface area contributed by atoms with E-state index < -0.39 is 0 Å². The van der Waals surface area contributed by atoms with E-state index in [2.05, 4.69) is 4.74 Å². The minimum atomic E-state index is -0.276. The standard InChI is InChI=1S/C15H19NO4/c1-19-15(18)8-4-7-14(17)16-9-10-20-13-6-3-2-5-12(13)11-16/h2-3,5-6H,4,7-11H2,1H3. The number of fused-ring (bicyclic) bond motifs is 1. The lowest BCUT2D eigenvalue weighted by Gasteiger charge is -2.19. The number of ether oxygens (including phenoxy) is 2. The zero-order chi connectivity index (χ0) is 14.4. The van der Waals surface area contributed by atoms with Crippen molar-refractivity contribution in [3.63, 3.8) is 0 Å². The summed E-state index contributed by atoms with van der Waals surface area (Å²) in [7, 11) is 1.35. The number of carbonyl (C=O) groups is 2. The number of rotatable bonds is 4. The molecule has 108 valence electrons. The maximum absolute atomic E-state index is 12.1. The minimum Gasteiger partial charge on any atom is -0.491 e. The normalized spacial score (nSPS) is 13.9. The Morgan fingerprint density at radius 1 is 1.30 bits per heavy atom. The Hall–Kier alpha value is -2.04. The molecule has 1 aromatic carbocycles. The van der Waals surface area contributed by atoms with Crippen LogP contribution >= 0.6 is 0 Å². The fraction of sp³-hybridized carbons (Fsp3) is 0.467. The highest BCUT2D eigenvalue weighted by Crippen LogP contribution is 2.22. The van der Waals surface area contributed by atoms with Gasteiger partial charge in [0, 0.05) is 24.9 Å². The molecule has 1 aromatic rings. The average Bonchev–Trinajstić information content (AvgIpc) is 2.69. The van der Waals surface area contributed by atoms with Crippen molar-refractivity contribution >= 4 is 11.9 Å². The second kappa shape index (κ2) is 6.93. The van der Waals surface area contributed by atoms with Crippen LogP contribution in [0, 0.1) is 0 Å². The predicted molar refractivity (Wildman–Crippen MR) is 73.2 cm³/mol. The van der Waals surface area contributed by atoms with Gasteiger partial charge in [0.1, 0.15) is 12.4 Å². The molecule has 0 aliphatic carbocycles. The molecule has 1 aliphatic heterocycles. The lowest BCUT2D eigenvalue weighted by atomic mass is 10.1. The van der Waals surface area contributed by atoms with Gasteiger partial charge in [-0.05, 0) is 12.5 Å². The first-order valence-electron chi connectivity index (χ1n) is 6.76. The van der Waals surface area contributed by atoms with Gasteiger partial charge in [0.05, 0.1) is 13.7 Å². The molecule has 0 fully saturated rings. The Labute approximate surface area is 118 Å². The number of methoxy groups -OCH3 is 1. The number of benzene rings is 1. The molecule has 0 atom stereocenters. The summed E-state index contributed by atoms with van der Waals surface area (Å²) in [5.41, 5.74) is 1.02. The van der Waals surface area contributed by atoms with Gasteiger partial charge < -0.3 is 14.4 Å². The number of nitrogens with zero attached hydrogens (tertiary/aromatic N) is 1. The van der Waals surface area contributed by atoms with Crippen LogP contribution in [0.4, 0.5) is 0 Å². The van der Waals surface area contributed by atoms with Crippen LogP contribution in [0.1, 0.15) is 24.8 Å². The summed E-state index contributed by atoms with van der Waals surface area (Å²) < 4.78 is 10.2. The first-order chi connectivity index (χ1) is 9.70. The number of para-hydroxylation sites is 1. The molecule has 0 saturated heterocycles. The van der Waals surface area contributed by atoms with Crippen molar-refractivity contribution in [2.75, 3.05) is 20.3 Å². The monoisotopic (exact) mass is 277 g/mol. The molecule has 1 amide bonds. The molecule has 0 unspecified atom stereocenters. The van der Waals surface area contributed by atoms with E-state index in [4.69, 9.17) is 4.74 Å². The highest BCUT2D eigenvalue weighted by Gasteiger charge is 2.19. The van der Waals surface area contributed by atoms with E-state index in [1.165, 1.54) is 7.11 Å². The molecule has 5 heteroatoms. The number of carbonyl (C=O) groups excluding carboxylic acids is 2. The van der Waals surface area contributed by atoms with E-state index in [0.717, 1.165) is 11.3 Å². The molecule has 1 aliphatic rings. The molecular weight excluding hydrogens is 258 g/mol. The molecule has 5 nitrogen and oxygen atoms in total. The molecule has 2 rings (SSSR count). The van der Waals surface area contributed by atoms with Crippen LogP contribution in [-0.4, -0.2) is 37.0 Å². The van der Waals surface area contributed by atoms with Crippen LogP contribution in [0.15, 0.2) is 24.3 Å². The fourth-order valence-corrected chi connectivity index (χ4v) is 2.18. The van der Waals surface area contributed by atoms with E-state index in [1.807, 2.05) is 24.3 Å². The Morgan fingerprint density at radius 3 is 2.90 bits per heavy atom. The molecule has 20 heavy (non-hydrogen) atoms. The second-order valence-corrected chi connectivity index (χ2v) is 4.70. The van der Waals surface area contributed by atoms with Gasteiger partial charge in [-0.1, -0.05) is 18.2 Å². The quantitative estimate of drug-likeness (QED) is 0.787. The summed E-state index contributed by atoms with van der Waals surface area (Å²) in [6.07, 6.45) is 1.16. The van der Waals surface area contributed by atoms with Crippen molar-refractivity contribution in [3.8, 4) is 5.75 Å². The van der Waals surface area contributed by atoms with Crippen LogP contribution in [0.25, 0.3) is 0 Å². The number of amides is 1. The third-order valence-corrected chi connectivity index (χ3v) is 3.30. The van der Waals surface area contributed by atoms with Gasteiger partial charge in [0.15, 0.2) is 0 Å². The van der Waals surface area contributed by atoms with Gasteiger partial charge in [-0.25, -0.2) is 0 Å². The zero-order valence-electron chi connectivity index (χ0n) is 11.6. The molecular formula is C15H19NO4. The Kier molecular flexibility index (Phi) is 4.98. The van der Waals surface area contributed by atoms with Gasteiger partial charge in [-0.2, -0.15) is 0 Å². The summed E-state index contributed by atoms with van der Waals surface area (Å²) in [4.78, 5) is 25.0. The van der Waals surface area contributed by atoms with E-state index in [9.17, 15) is 9.59 Å². The van der Waals surface area contributed by atoms with Crippen molar-refractivity contribution in [2.24, 2.45) is 0 Å². The number of hydrogen-bond acceptors (Lipinski definition) is 4. The highest BCUT2D eigenvalue weighted by atomic mass is 16.5. The fourth-order valence-electron chi connectivity index (χ4n) is 2.18. The first kappa shape index (κ1) is 14.4. The number of hydrogen-bond donors (Lipinski definition) is 0. The summed E-state index contributed by atoms with van der Waals surface area (Å²) in [6, 6.07) is 7.75. The average molecular weight is 277 g/mol. The molecule has 0 spiro atoms. The van der Waals surface area contributed by atoms with Gasteiger partial charge in [0.25, 0.3) is 0 Å². The van der Waals surface area contributed by atoms with E-state index in [0.29, 0.717) is 32.5 Å². The van der Waals surface area contributed by atoms with Crippen molar-refractivity contribution < 1.29 is 19.1 Å². The van der Waals surface area contributed by atoms with Crippen molar-refractivity contribution in [3.05, 3.63) is 29.8 Å². The van der Waals surface area contributed by atoms with E-state index in [1.54, 1.807) is 4.90 Å². The molecule has 0 radical (unpaired) electrons. The van der Waals surface area contributed by atoms with Crippen molar-refractivity contribution in [1.29, 1.82) is 0 Å². The SMILES string of the molecule is COC(=O)CCCC(=O)N1CCOc2ccccc2C1. The van der Waals surface area contributed by atoms with E-state index in [-0.39, 0.29) is 18.3 Å². The van der Waals surface area contributed by atoms with Crippen LogP contribution < -0.4 is 4.74 Å². The topological polar surface area (TPSA) is 55.8 Å². The first-order valence-corrected chi connectivity index (χ1v) is 6.76. The van der Waals surface area contributed by atoms with Gasteiger partial charge in [-0.3, -0.25) is 9.59 Å². The lowest BCUT2D eigenvalue weighted by Crippen LogP contribution is -2.32. The second-order valence-electron chi connectivity index (χ2n) is 4.70. The molecule has 0 N–H and O–H groups in total. The molecule has 1 heterocycles. The van der Waals surface area contributed by atoms with E-state index >= 15 is 0 Å². The molecule has 0 saturated carbocycles. The largest absolute Gasteiger partial charge is 0.491 e. The van der Waals surface area contributed by atoms with Gasteiger partial charge in [0.2, 0.25) is 5.91 Å². The zero-order valence-corrected chi connectivity index (χ0v) is 11.6. The summed E-state index contributed by atoms with van der Waals surface area (Å²) in [5, 5.41) is 0. The Balaban J connectivity index is 1.89. The van der Waals surface area contributed by atoms with Crippen molar-refractivity contribution in [1.82, 2.24) is 4.90 Å². The summed E-state index contributed by atoms with van der Waals surface area (Å²) >= 11 is 0. The number of esters is 1. The Bertz CT molecular complexity index is 487. The smallest absolute Gasteiger partial charge is 0.305 e. The lowest BCUT2D eigenvalue weighted by molar-refractivity contribution is -0.141. The minimum absolute atomic E-state index is 0.0502. The molecule has 0 aromatic heterocycles. The highest BCUT2D eigenvalue weighted by molar-refractivity contribution is 5.77. The predicted octanol–water partition coefficient (Wildman–Crippen LogP) is 1.75. The van der Waals surface area contributed by atoms with Gasteiger partial charge >= 0.3 is 5.97 Å². The van der Waals surface area contributed by atoms with Crippen LogP contribution in [0.5, 0.6) is 5.75 Å². The Morgan fingerprint density at radius 2 is 2.10 bits per heavy atom. The van der Waals surface area contributed by atoms with Crippen LogP contribution in [0.2, 0.25) is 0 Å². The third kappa shape index (κ3) is 3.73. The van der Waals surface area contributed by atoms with Gasteiger partial charge in [-0.15, -0.1) is 0 Å². The maximum Gasteiger partial charge on any atom is 0.305 e. The maximum atomic E-state index is 12.1. The summed E-state index contributed by atoms with van der Waals surface area (Å²) in [5.74, 6) is 0.619. The van der Waals surface area contributed by atoms with Crippen LogP contribution in [-0.2, 0) is 20.9 Å². The summed E-state index contributed by atoms with van der Waals surface area (Å²) in [6.45, 7) is 1.64. The third-order valence-electron chi connectivity index (χ3n) is 3.30. The van der Waals surface area contributed by atoms with Crippen LogP contribution in [0.3, 0.4) is 0 Å². The van der Waals surface area contributed by atoms with Crippen molar-refractivity contribution in [2.45, 2.75) is 25.8 Å². The molecule has 0 bridgehead atoms.